The number of hydrogen-bond acceptors (Lipinski definition) is 3. The fourth-order valence-electron chi connectivity index (χ4n) is 2.30. The number of benzene rings is 1. The van der Waals surface area contributed by atoms with E-state index in [1.807, 2.05) is 0 Å². The van der Waals surface area contributed by atoms with Crippen LogP contribution in [0.5, 0.6) is 0 Å². The van der Waals surface area contributed by atoms with Crippen LogP contribution in [-0.2, 0) is 0 Å². The number of halogens is 3. The second kappa shape index (κ2) is 4.91. The van der Waals surface area contributed by atoms with E-state index in [4.69, 9.17) is 5.73 Å². The Labute approximate surface area is 123 Å². The van der Waals surface area contributed by atoms with Gasteiger partial charge in [-0.05, 0) is 18.9 Å². The summed E-state index contributed by atoms with van der Waals surface area (Å²) in [6.07, 6.45) is -3.16. The first-order chi connectivity index (χ1) is 9.87. The Kier molecular flexibility index (Phi) is 3.32. The maximum Gasteiger partial charge on any atom is 0.406 e. The van der Waals surface area contributed by atoms with Gasteiger partial charge < -0.3 is 10.6 Å². The van der Waals surface area contributed by atoms with Crippen LogP contribution in [-0.4, -0.2) is 29.6 Å². The van der Waals surface area contributed by atoms with Gasteiger partial charge in [0.15, 0.2) is 0 Å². The van der Waals surface area contributed by atoms with E-state index < -0.39 is 18.6 Å². The standard InChI is InChI=1S/C14H13F3N2OS/c15-14(16,17)7-19(8-5-6-8)13(20)12-11(18)9-3-1-2-4-10(9)21-12/h1-4,8H,5-7,18H2. The van der Waals surface area contributed by atoms with Gasteiger partial charge >= 0.3 is 6.18 Å². The first-order valence-electron chi connectivity index (χ1n) is 6.51. The SMILES string of the molecule is Nc1c(C(=O)N(CC(F)(F)F)C2CC2)sc2ccccc12. The predicted octanol–water partition coefficient (Wildman–Crippen LogP) is 3.65. The van der Waals surface area contributed by atoms with Crippen LogP contribution in [0.25, 0.3) is 10.1 Å². The summed E-state index contributed by atoms with van der Waals surface area (Å²) < 4.78 is 38.8. The number of nitrogen functional groups attached to an aromatic ring is 1. The van der Waals surface area contributed by atoms with Crippen molar-refractivity contribution in [2.75, 3.05) is 12.3 Å². The van der Waals surface area contributed by atoms with Gasteiger partial charge in [0.25, 0.3) is 5.91 Å². The number of nitrogens with zero attached hydrogens (tertiary/aromatic N) is 1. The highest BCUT2D eigenvalue weighted by molar-refractivity contribution is 7.21. The lowest BCUT2D eigenvalue weighted by atomic mass is 10.2. The summed E-state index contributed by atoms with van der Waals surface area (Å²) in [5.74, 6) is -0.617. The zero-order valence-corrected chi connectivity index (χ0v) is 11.8. The monoisotopic (exact) mass is 314 g/mol. The van der Waals surface area contributed by atoms with E-state index in [0.717, 1.165) is 20.9 Å². The van der Waals surface area contributed by atoms with Crippen molar-refractivity contribution in [1.82, 2.24) is 4.90 Å². The summed E-state index contributed by atoms with van der Waals surface area (Å²) in [5, 5.41) is 0.716. The minimum Gasteiger partial charge on any atom is -0.397 e. The van der Waals surface area contributed by atoms with Crippen molar-refractivity contribution in [3.8, 4) is 0 Å². The molecular weight excluding hydrogens is 301 g/mol. The van der Waals surface area contributed by atoms with Crippen LogP contribution in [0.3, 0.4) is 0 Å². The third-order valence-electron chi connectivity index (χ3n) is 3.43. The number of carbonyl (C=O) groups is 1. The number of hydrogen-bond donors (Lipinski definition) is 1. The summed E-state index contributed by atoms with van der Waals surface area (Å²) >= 11 is 1.15. The van der Waals surface area contributed by atoms with Crippen molar-refractivity contribution >= 4 is 33.0 Å². The normalized spacial score (nSPS) is 15.4. The zero-order valence-electron chi connectivity index (χ0n) is 11.0. The van der Waals surface area contributed by atoms with E-state index in [1.54, 1.807) is 24.3 Å². The Morgan fingerprint density at radius 3 is 2.57 bits per heavy atom. The zero-order chi connectivity index (χ0) is 15.2. The highest BCUT2D eigenvalue weighted by Gasteiger charge is 2.41. The second-order valence-corrected chi connectivity index (χ2v) is 6.17. The van der Waals surface area contributed by atoms with Crippen molar-refractivity contribution in [1.29, 1.82) is 0 Å². The van der Waals surface area contributed by atoms with Crippen molar-refractivity contribution in [2.24, 2.45) is 0 Å². The van der Waals surface area contributed by atoms with Gasteiger partial charge in [-0.1, -0.05) is 18.2 Å². The van der Waals surface area contributed by atoms with Crippen molar-refractivity contribution < 1.29 is 18.0 Å². The predicted molar refractivity (Wildman–Crippen MR) is 76.4 cm³/mol. The summed E-state index contributed by atoms with van der Waals surface area (Å²) in [4.78, 5) is 13.6. The van der Waals surface area contributed by atoms with Crippen LogP contribution in [0.15, 0.2) is 24.3 Å². The molecule has 0 spiro atoms. The molecule has 1 aliphatic rings. The van der Waals surface area contributed by atoms with E-state index in [0.29, 0.717) is 18.2 Å². The summed E-state index contributed by atoms with van der Waals surface area (Å²) in [5.41, 5.74) is 6.22. The highest BCUT2D eigenvalue weighted by Crippen LogP contribution is 2.37. The van der Waals surface area contributed by atoms with Crippen molar-refractivity contribution in [2.45, 2.75) is 25.1 Å². The minimum atomic E-state index is -4.40. The molecule has 0 radical (unpaired) electrons. The molecule has 112 valence electrons. The van der Waals surface area contributed by atoms with Crippen LogP contribution in [0.1, 0.15) is 22.5 Å². The lowest BCUT2D eigenvalue weighted by Gasteiger charge is -2.23. The Hall–Kier alpha value is -1.76. The van der Waals surface area contributed by atoms with Crippen LogP contribution < -0.4 is 5.73 Å². The Morgan fingerprint density at radius 2 is 2.00 bits per heavy atom. The number of fused-ring (bicyclic) bond motifs is 1. The largest absolute Gasteiger partial charge is 0.406 e. The highest BCUT2D eigenvalue weighted by atomic mass is 32.1. The summed E-state index contributed by atoms with van der Waals surface area (Å²) in [6.45, 7) is -1.22. The molecule has 0 atom stereocenters. The topological polar surface area (TPSA) is 46.3 Å². The maximum absolute atomic E-state index is 12.7. The molecule has 1 saturated carbocycles. The number of amides is 1. The van der Waals surface area contributed by atoms with E-state index in [9.17, 15) is 18.0 Å². The van der Waals surface area contributed by atoms with Crippen LogP contribution in [0.2, 0.25) is 0 Å². The van der Waals surface area contributed by atoms with Gasteiger partial charge in [0.2, 0.25) is 0 Å². The van der Waals surface area contributed by atoms with Crippen molar-refractivity contribution in [3.05, 3.63) is 29.1 Å². The number of thiophene rings is 1. The molecule has 7 heteroatoms. The van der Waals surface area contributed by atoms with Crippen LogP contribution >= 0.6 is 11.3 Å². The Balaban J connectivity index is 1.96. The van der Waals surface area contributed by atoms with Gasteiger partial charge in [-0.3, -0.25) is 4.79 Å². The molecule has 1 aliphatic carbocycles. The van der Waals surface area contributed by atoms with Gasteiger partial charge in [0.05, 0.1) is 5.69 Å². The number of alkyl halides is 3. The molecule has 1 fully saturated rings. The lowest BCUT2D eigenvalue weighted by Crippen LogP contribution is -2.40. The molecule has 2 aromatic rings. The first kappa shape index (κ1) is 14.2. The third kappa shape index (κ3) is 2.83. The molecule has 0 bridgehead atoms. The fourth-order valence-corrected chi connectivity index (χ4v) is 3.38. The summed E-state index contributed by atoms with van der Waals surface area (Å²) in [7, 11) is 0. The van der Waals surface area contributed by atoms with Crippen LogP contribution in [0, 0.1) is 0 Å². The molecule has 1 aromatic heterocycles. The number of carbonyl (C=O) groups excluding carboxylic acids is 1. The molecule has 3 nitrogen and oxygen atoms in total. The van der Waals surface area contributed by atoms with Crippen molar-refractivity contribution in [3.63, 3.8) is 0 Å². The molecule has 0 saturated heterocycles. The molecule has 1 amide bonds. The van der Waals surface area contributed by atoms with Gasteiger partial charge in [-0.25, -0.2) is 0 Å². The molecule has 2 N–H and O–H groups in total. The number of rotatable bonds is 3. The van der Waals surface area contributed by atoms with E-state index in [-0.39, 0.29) is 16.6 Å². The fraction of sp³-hybridized carbons (Fsp3) is 0.357. The molecule has 0 unspecified atom stereocenters. The molecule has 1 heterocycles. The van der Waals surface area contributed by atoms with Gasteiger partial charge in [-0.15, -0.1) is 11.3 Å². The summed E-state index contributed by atoms with van der Waals surface area (Å²) in [6, 6.07) is 6.85. The quantitative estimate of drug-likeness (QED) is 0.940. The molecule has 3 rings (SSSR count). The molecule has 0 aliphatic heterocycles. The molecular formula is C14H13F3N2OS. The Bertz CT molecular complexity index is 691. The van der Waals surface area contributed by atoms with E-state index >= 15 is 0 Å². The van der Waals surface area contributed by atoms with Crippen LogP contribution in [0.4, 0.5) is 18.9 Å². The van der Waals surface area contributed by atoms with Gasteiger partial charge in [0, 0.05) is 16.1 Å². The lowest BCUT2D eigenvalue weighted by molar-refractivity contribution is -0.141. The first-order valence-corrected chi connectivity index (χ1v) is 7.33. The maximum atomic E-state index is 12.7. The average molecular weight is 314 g/mol. The molecule has 21 heavy (non-hydrogen) atoms. The minimum absolute atomic E-state index is 0.201. The average Bonchev–Trinajstić information content (AvgIpc) is 3.20. The van der Waals surface area contributed by atoms with Gasteiger partial charge in [0.1, 0.15) is 11.4 Å². The molecule has 1 aromatic carbocycles. The van der Waals surface area contributed by atoms with E-state index in [1.165, 1.54) is 0 Å². The van der Waals surface area contributed by atoms with Gasteiger partial charge in [-0.2, -0.15) is 13.2 Å². The number of nitrogens with two attached hydrogens (primary N) is 1. The third-order valence-corrected chi connectivity index (χ3v) is 4.60. The number of anilines is 1. The van der Waals surface area contributed by atoms with E-state index in [2.05, 4.69) is 0 Å². The Morgan fingerprint density at radius 1 is 1.33 bits per heavy atom. The smallest absolute Gasteiger partial charge is 0.397 e. The second-order valence-electron chi connectivity index (χ2n) is 5.12.